The maximum atomic E-state index is 12.6. The number of aliphatic hydroxyl groups is 4. The lowest BCUT2D eigenvalue weighted by molar-refractivity contribution is -0.163. The number of aromatic nitrogens is 2. The molecule has 0 spiro atoms. The lowest BCUT2D eigenvalue weighted by Crippen LogP contribution is -2.45. The van der Waals surface area contributed by atoms with Crippen molar-refractivity contribution in [3.63, 3.8) is 0 Å². The van der Waals surface area contributed by atoms with Crippen molar-refractivity contribution in [3.8, 4) is 0 Å². The third kappa shape index (κ3) is 3.48. The van der Waals surface area contributed by atoms with Crippen molar-refractivity contribution in [2.75, 3.05) is 0 Å². The lowest BCUT2D eigenvalue weighted by Gasteiger charge is -2.23. The molecule has 2 aromatic rings. The first-order valence-electron chi connectivity index (χ1n) is 6.54. The van der Waals surface area contributed by atoms with Crippen molar-refractivity contribution in [3.05, 3.63) is 29.6 Å². The number of carboxylic acids is 1. The second kappa shape index (κ2) is 6.36. The highest BCUT2D eigenvalue weighted by Gasteiger charge is 2.36. The van der Waals surface area contributed by atoms with E-state index in [1.165, 1.54) is 0 Å². The number of imidazole rings is 1. The molecule has 1 heterocycles. The van der Waals surface area contributed by atoms with Crippen LogP contribution in [0, 0.1) is 0 Å². The molecule has 1 aromatic carbocycles. The molecule has 0 saturated carbocycles. The number of rotatable bonds is 5. The van der Waals surface area contributed by atoms with Gasteiger partial charge in [0.1, 0.15) is 24.1 Å². The van der Waals surface area contributed by atoms with E-state index in [-0.39, 0.29) is 11.0 Å². The Balaban J connectivity index is 2.29. The maximum Gasteiger partial charge on any atom is 0.416 e. The van der Waals surface area contributed by atoms with Crippen molar-refractivity contribution < 1.29 is 43.5 Å². The monoisotopic (exact) mass is 350 g/mol. The van der Waals surface area contributed by atoms with Gasteiger partial charge in [-0.15, -0.1) is 0 Å². The molecule has 0 radical (unpaired) electrons. The lowest BCUT2D eigenvalue weighted by atomic mass is 10.0. The van der Waals surface area contributed by atoms with Gasteiger partial charge in [-0.1, -0.05) is 0 Å². The summed E-state index contributed by atoms with van der Waals surface area (Å²) >= 11 is 0. The standard InChI is InChI=1S/C13H13F3N2O6/c14-13(15,16)4-1-2-5-6(3-4)18-11(17-5)9(21)7(19)8(20)10(22)12(23)24/h1-3,7-10,19-22H,(H,17,18)(H,23,24)/t7?,8-,9+,10?/m1/s1. The first-order chi connectivity index (χ1) is 11.0. The molecule has 2 rings (SSSR count). The molecule has 4 atom stereocenters. The fraction of sp³-hybridized carbons (Fsp3) is 0.385. The van der Waals surface area contributed by atoms with Crippen LogP contribution in [0.2, 0.25) is 0 Å². The van der Waals surface area contributed by atoms with Crippen LogP contribution >= 0.6 is 0 Å². The van der Waals surface area contributed by atoms with Gasteiger partial charge in [0.25, 0.3) is 0 Å². The number of hydrogen-bond acceptors (Lipinski definition) is 6. The van der Waals surface area contributed by atoms with Crippen LogP contribution in [0.3, 0.4) is 0 Å². The molecule has 11 heteroatoms. The largest absolute Gasteiger partial charge is 0.479 e. The Labute approximate surface area is 131 Å². The van der Waals surface area contributed by atoms with Crippen LogP contribution in [0.1, 0.15) is 17.5 Å². The number of aliphatic hydroxyl groups excluding tert-OH is 4. The number of benzene rings is 1. The van der Waals surface area contributed by atoms with E-state index >= 15 is 0 Å². The SMILES string of the molecule is O=C(O)C(O)[C@H](O)C(O)[C@H](O)c1nc2ccc(C(F)(F)F)cc2[nH]1. The molecule has 0 bridgehead atoms. The molecule has 0 aliphatic carbocycles. The molecule has 8 nitrogen and oxygen atoms in total. The Morgan fingerprint density at radius 1 is 1.12 bits per heavy atom. The van der Waals surface area contributed by atoms with Crippen LogP contribution in [0.15, 0.2) is 18.2 Å². The van der Waals surface area contributed by atoms with Gasteiger partial charge in [0.15, 0.2) is 6.10 Å². The Kier molecular flexibility index (Phi) is 4.80. The van der Waals surface area contributed by atoms with E-state index in [1.807, 2.05) is 0 Å². The van der Waals surface area contributed by atoms with Gasteiger partial charge in [-0.2, -0.15) is 13.2 Å². The number of carbonyl (C=O) groups is 1. The van der Waals surface area contributed by atoms with Crippen molar-refractivity contribution in [1.29, 1.82) is 0 Å². The fourth-order valence-electron chi connectivity index (χ4n) is 2.03. The van der Waals surface area contributed by atoms with E-state index in [2.05, 4.69) is 9.97 Å². The summed E-state index contributed by atoms with van der Waals surface area (Å²) in [6, 6.07) is 2.56. The number of aliphatic carboxylic acids is 1. The molecule has 132 valence electrons. The number of halogens is 3. The normalized spacial score (nSPS) is 17.5. The quantitative estimate of drug-likeness (QED) is 0.437. The van der Waals surface area contributed by atoms with Gasteiger partial charge in [0.2, 0.25) is 0 Å². The topological polar surface area (TPSA) is 147 Å². The minimum absolute atomic E-state index is 0.0533. The molecular weight excluding hydrogens is 337 g/mol. The van der Waals surface area contributed by atoms with Crippen molar-refractivity contribution in [1.82, 2.24) is 9.97 Å². The van der Waals surface area contributed by atoms with E-state index in [0.29, 0.717) is 0 Å². The average molecular weight is 350 g/mol. The third-order valence-corrected chi connectivity index (χ3v) is 3.36. The molecule has 24 heavy (non-hydrogen) atoms. The van der Waals surface area contributed by atoms with Crippen molar-refractivity contribution >= 4 is 17.0 Å². The van der Waals surface area contributed by atoms with Gasteiger partial charge >= 0.3 is 12.1 Å². The first-order valence-corrected chi connectivity index (χ1v) is 6.54. The van der Waals surface area contributed by atoms with Crippen LogP contribution in [0.4, 0.5) is 13.2 Å². The highest BCUT2D eigenvalue weighted by molar-refractivity contribution is 5.76. The zero-order valence-electron chi connectivity index (χ0n) is 11.8. The number of carboxylic acid groups (broad SMARTS) is 1. The van der Waals surface area contributed by atoms with Gasteiger partial charge < -0.3 is 30.5 Å². The summed E-state index contributed by atoms with van der Waals surface area (Å²) < 4.78 is 37.9. The second-order valence-corrected chi connectivity index (χ2v) is 5.06. The Morgan fingerprint density at radius 2 is 1.75 bits per heavy atom. The number of aromatic amines is 1. The Morgan fingerprint density at radius 3 is 2.29 bits per heavy atom. The fourth-order valence-corrected chi connectivity index (χ4v) is 2.03. The number of hydrogen-bond donors (Lipinski definition) is 6. The second-order valence-electron chi connectivity index (χ2n) is 5.06. The number of alkyl halides is 3. The summed E-state index contributed by atoms with van der Waals surface area (Å²) in [6.45, 7) is 0. The van der Waals surface area contributed by atoms with Gasteiger partial charge in [-0.3, -0.25) is 0 Å². The van der Waals surface area contributed by atoms with Crippen LogP contribution in [-0.2, 0) is 11.0 Å². The number of H-pyrrole nitrogens is 1. The molecule has 0 aliphatic rings. The minimum atomic E-state index is -4.58. The zero-order valence-corrected chi connectivity index (χ0v) is 11.8. The predicted octanol–water partition coefficient (Wildman–Crippen LogP) is -0.218. The smallest absolute Gasteiger partial charge is 0.416 e. The van der Waals surface area contributed by atoms with Crippen LogP contribution in [0.5, 0.6) is 0 Å². The van der Waals surface area contributed by atoms with E-state index in [9.17, 15) is 33.3 Å². The number of fused-ring (bicyclic) bond motifs is 1. The van der Waals surface area contributed by atoms with Gasteiger partial charge in [0.05, 0.1) is 16.6 Å². The Hall–Kier alpha value is -2.21. The number of nitrogens with one attached hydrogen (secondary N) is 1. The van der Waals surface area contributed by atoms with Crippen LogP contribution in [0.25, 0.3) is 11.0 Å². The molecule has 0 aliphatic heterocycles. The summed E-state index contributed by atoms with van der Waals surface area (Å²) in [4.78, 5) is 16.7. The molecule has 2 unspecified atom stereocenters. The van der Waals surface area contributed by atoms with Gasteiger partial charge in [-0.25, -0.2) is 9.78 Å². The highest BCUT2D eigenvalue weighted by Crippen LogP contribution is 2.31. The molecular formula is C13H13F3N2O6. The molecule has 0 amide bonds. The van der Waals surface area contributed by atoms with Gasteiger partial charge in [-0.05, 0) is 18.2 Å². The summed E-state index contributed by atoms with van der Waals surface area (Å²) in [7, 11) is 0. The first kappa shape index (κ1) is 18.1. The van der Waals surface area contributed by atoms with Crippen molar-refractivity contribution in [2.24, 2.45) is 0 Å². The molecule has 1 aromatic heterocycles. The van der Waals surface area contributed by atoms with Gasteiger partial charge in [0, 0.05) is 0 Å². The van der Waals surface area contributed by atoms with E-state index < -0.39 is 47.9 Å². The molecule has 6 N–H and O–H groups in total. The van der Waals surface area contributed by atoms with E-state index in [0.717, 1.165) is 18.2 Å². The summed E-state index contributed by atoms with van der Waals surface area (Å²) in [5.74, 6) is -2.22. The predicted molar refractivity (Wildman–Crippen MR) is 71.7 cm³/mol. The summed E-state index contributed by atoms with van der Waals surface area (Å²) in [5, 5.41) is 46.8. The minimum Gasteiger partial charge on any atom is -0.479 e. The van der Waals surface area contributed by atoms with Crippen molar-refractivity contribution in [2.45, 2.75) is 30.6 Å². The molecule has 0 saturated heterocycles. The average Bonchev–Trinajstić information content (AvgIpc) is 2.93. The summed E-state index contributed by atoms with van der Waals surface area (Å²) in [5.41, 5.74) is -0.988. The maximum absolute atomic E-state index is 12.6. The summed E-state index contributed by atoms with van der Waals surface area (Å²) in [6.07, 6.45) is -13.3. The number of nitrogens with zero attached hydrogens (tertiary/aromatic N) is 1. The highest BCUT2D eigenvalue weighted by atomic mass is 19.4. The van der Waals surface area contributed by atoms with Crippen LogP contribution < -0.4 is 0 Å². The van der Waals surface area contributed by atoms with Crippen LogP contribution in [-0.4, -0.2) is 59.8 Å². The van der Waals surface area contributed by atoms with E-state index in [1.54, 1.807) is 0 Å². The molecule has 0 fully saturated rings. The zero-order chi connectivity index (χ0) is 18.2. The Bertz CT molecular complexity index is 747. The third-order valence-electron chi connectivity index (χ3n) is 3.36. The van der Waals surface area contributed by atoms with E-state index in [4.69, 9.17) is 10.2 Å².